The van der Waals surface area contributed by atoms with E-state index in [1.807, 2.05) is 24.3 Å². The minimum absolute atomic E-state index is 0.0445. The minimum Gasteiger partial charge on any atom is -0.384 e. The second-order valence-electron chi connectivity index (χ2n) is 7.70. The highest BCUT2D eigenvalue weighted by atomic mass is 35.5. The van der Waals surface area contributed by atoms with Gasteiger partial charge < -0.3 is 11.5 Å². The quantitative estimate of drug-likeness (QED) is 0.686. The van der Waals surface area contributed by atoms with Gasteiger partial charge >= 0.3 is 0 Å². The van der Waals surface area contributed by atoms with E-state index in [-0.39, 0.29) is 17.0 Å². The van der Waals surface area contributed by atoms with Crippen LogP contribution in [0.1, 0.15) is 37.3 Å². The topological polar surface area (TPSA) is 99.8 Å². The molecule has 0 atom stereocenters. The van der Waals surface area contributed by atoms with E-state index in [4.69, 9.17) is 23.1 Å². The highest BCUT2D eigenvalue weighted by Crippen LogP contribution is 2.42. The molecular formula is C22H24ClN5O. The molecule has 2 heterocycles. The highest BCUT2D eigenvalue weighted by Gasteiger charge is 2.37. The van der Waals surface area contributed by atoms with E-state index in [0.717, 1.165) is 36.3 Å². The van der Waals surface area contributed by atoms with E-state index >= 15 is 0 Å². The van der Waals surface area contributed by atoms with Crippen molar-refractivity contribution in [2.45, 2.75) is 37.1 Å². The first-order valence-corrected chi connectivity index (χ1v) is 10.2. The molecule has 2 aromatic heterocycles. The zero-order valence-corrected chi connectivity index (χ0v) is 16.8. The molecule has 0 amide bonds. The zero-order valence-electron chi connectivity index (χ0n) is 16.1. The van der Waals surface area contributed by atoms with Crippen LogP contribution in [0.5, 0.6) is 0 Å². The van der Waals surface area contributed by atoms with Gasteiger partial charge in [-0.2, -0.15) is 5.10 Å². The fourth-order valence-electron chi connectivity index (χ4n) is 4.23. The smallest absolute Gasteiger partial charge is 0.267 e. The van der Waals surface area contributed by atoms with Gasteiger partial charge in [0.1, 0.15) is 5.82 Å². The van der Waals surface area contributed by atoms with Crippen molar-refractivity contribution < 1.29 is 0 Å². The summed E-state index contributed by atoms with van der Waals surface area (Å²) in [5, 5.41) is 5.35. The number of halogens is 1. The lowest BCUT2D eigenvalue weighted by Crippen LogP contribution is -2.41. The fourth-order valence-corrected chi connectivity index (χ4v) is 4.42. The lowest BCUT2D eigenvalue weighted by atomic mass is 9.68. The number of pyridine rings is 1. The number of hydrogen-bond acceptors (Lipinski definition) is 5. The molecule has 3 aromatic rings. The number of benzene rings is 1. The molecule has 0 spiro atoms. The first kappa shape index (κ1) is 19.6. The first-order valence-electron chi connectivity index (χ1n) is 9.79. The van der Waals surface area contributed by atoms with Crippen LogP contribution in [-0.2, 0) is 5.41 Å². The van der Waals surface area contributed by atoms with Crippen molar-refractivity contribution in [1.82, 2.24) is 14.8 Å². The van der Waals surface area contributed by atoms with Crippen molar-refractivity contribution >= 4 is 17.4 Å². The Bertz CT molecular complexity index is 1060. The van der Waals surface area contributed by atoms with Crippen LogP contribution in [0.15, 0.2) is 59.5 Å². The van der Waals surface area contributed by atoms with Crippen molar-refractivity contribution in [3.8, 4) is 11.3 Å². The monoisotopic (exact) mass is 409 g/mol. The van der Waals surface area contributed by atoms with Crippen LogP contribution in [0.2, 0.25) is 5.02 Å². The van der Waals surface area contributed by atoms with Crippen molar-refractivity contribution in [2.75, 3.05) is 12.3 Å². The van der Waals surface area contributed by atoms with Gasteiger partial charge in [-0.05, 0) is 61.6 Å². The maximum Gasteiger partial charge on any atom is 0.267 e. The minimum atomic E-state index is -0.108. The Labute approximate surface area is 174 Å². The van der Waals surface area contributed by atoms with E-state index in [1.165, 1.54) is 5.56 Å². The Kier molecular flexibility index (Phi) is 5.39. The highest BCUT2D eigenvalue weighted by molar-refractivity contribution is 6.30. The molecular weight excluding hydrogens is 386 g/mol. The van der Waals surface area contributed by atoms with Gasteiger partial charge in [-0.1, -0.05) is 23.7 Å². The van der Waals surface area contributed by atoms with Crippen molar-refractivity contribution in [3.05, 3.63) is 75.7 Å². The fraction of sp³-hybridized carbons (Fsp3) is 0.318. The van der Waals surface area contributed by atoms with E-state index in [9.17, 15) is 4.79 Å². The van der Waals surface area contributed by atoms with Gasteiger partial charge in [-0.3, -0.25) is 4.79 Å². The molecule has 4 N–H and O–H groups in total. The summed E-state index contributed by atoms with van der Waals surface area (Å²) in [4.78, 5) is 16.6. The molecule has 1 aliphatic carbocycles. The molecule has 0 unspecified atom stereocenters. The Morgan fingerprint density at radius 2 is 1.93 bits per heavy atom. The summed E-state index contributed by atoms with van der Waals surface area (Å²) in [5.74, 6) is 0.452. The maximum atomic E-state index is 12.5. The van der Waals surface area contributed by atoms with E-state index < -0.39 is 0 Å². The Morgan fingerprint density at radius 3 is 2.59 bits per heavy atom. The number of hydrogen-bond donors (Lipinski definition) is 2. The molecule has 1 fully saturated rings. The third kappa shape index (κ3) is 3.91. The molecule has 0 aliphatic heterocycles. The third-order valence-electron chi connectivity index (χ3n) is 5.99. The molecule has 1 aromatic carbocycles. The molecule has 1 aliphatic rings. The number of nitrogen functional groups attached to an aromatic ring is 1. The maximum absolute atomic E-state index is 12.5. The predicted octanol–water partition coefficient (Wildman–Crippen LogP) is 3.55. The number of nitrogens with two attached hydrogens (primary N) is 2. The second-order valence-corrected chi connectivity index (χ2v) is 8.14. The zero-order chi connectivity index (χ0) is 20.4. The first-order chi connectivity index (χ1) is 14.0. The van der Waals surface area contributed by atoms with Crippen LogP contribution in [0.4, 0.5) is 5.82 Å². The van der Waals surface area contributed by atoms with Crippen LogP contribution < -0.4 is 17.0 Å². The van der Waals surface area contributed by atoms with Crippen LogP contribution in [0.3, 0.4) is 0 Å². The molecule has 4 rings (SSSR count). The normalized spacial score (nSPS) is 21.8. The van der Waals surface area contributed by atoms with Gasteiger partial charge in [-0.25, -0.2) is 9.67 Å². The standard InChI is InChI=1S/C22H24ClN5O/c23-17-3-1-2-16(12-17)22(14-24)10-8-18(9-11-22)28-21(29)7-5-19(27-28)15-4-6-20(25)26-13-15/h1-7,12-13,18H,8-11,14,24H2,(H2,25,26)/t18-,22+. The van der Waals surface area contributed by atoms with Crippen LogP contribution in [-0.4, -0.2) is 21.3 Å². The lowest BCUT2D eigenvalue weighted by Gasteiger charge is -2.40. The van der Waals surface area contributed by atoms with Crippen LogP contribution in [0.25, 0.3) is 11.3 Å². The van der Waals surface area contributed by atoms with Gasteiger partial charge in [-0.15, -0.1) is 0 Å². The van der Waals surface area contributed by atoms with Gasteiger partial charge in [0, 0.05) is 34.8 Å². The average Bonchev–Trinajstić information content (AvgIpc) is 2.75. The van der Waals surface area contributed by atoms with Crippen LogP contribution in [0, 0.1) is 0 Å². The number of anilines is 1. The Balaban J connectivity index is 1.59. The second kappa shape index (κ2) is 7.97. The SMILES string of the molecule is NC[C@]1(c2cccc(Cl)c2)CC[C@@H](n2nc(-c3ccc(N)nc3)ccc2=O)CC1. The summed E-state index contributed by atoms with van der Waals surface area (Å²) in [6.07, 6.45) is 5.11. The number of aromatic nitrogens is 3. The van der Waals surface area contributed by atoms with E-state index in [0.29, 0.717) is 18.1 Å². The molecule has 0 saturated heterocycles. The molecule has 29 heavy (non-hydrogen) atoms. The number of rotatable bonds is 4. The Morgan fingerprint density at radius 1 is 1.14 bits per heavy atom. The van der Waals surface area contributed by atoms with Crippen molar-refractivity contribution in [3.63, 3.8) is 0 Å². The van der Waals surface area contributed by atoms with Gasteiger partial charge in [0.25, 0.3) is 5.56 Å². The molecule has 7 heteroatoms. The lowest BCUT2D eigenvalue weighted by molar-refractivity contribution is 0.222. The van der Waals surface area contributed by atoms with E-state index in [1.54, 1.807) is 29.1 Å². The molecule has 0 radical (unpaired) electrons. The summed E-state index contributed by atoms with van der Waals surface area (Å²) < 4.78 is 1.62. The molecule has 150 valence electrons. The average molecular weight is 410 g/mol. The van der Waals surface area contributed by atoms with Crippen molar-refractivity contribution in [1.29, 1.82) is 0 Å². The predicted molar refractivity (Wildman–Crippen MR) is 116 cm³/mol. The van der Waals surface area contributed by atoms with Gasteiger partial charge in [0.05, 0.1) is 11.7 Å². The molecule has 6 nitrogen and oxygen atoms in total. The van der Waals surface area contributed by atoms with Crippen molar-refractivity contribution in [2.24, 2.45) is 5.73 Å². The summed E-state index contributed by atoms with van der Waals surface area (Å²) in [5.41, 5.74) is 14.4. The molecule has 0 bridgehead atoms. The summed E-state index contributed by atoms with van der Waals surface area (Å²) in [6.45, 7) is 0.555. The summed E-state index contributed by atoms with van der Waals surface area (Å²) in [6, 6.07) is 14.9. The summed E-state index contributed by atoms with van der Waals surface area (Å²) >= 11 is 6.20. The largest absolute Gasteiger partial charge is 0.384 e. The Hall–Kier alpha value is -2.70. The number of nitrogens with zero attached hydrogens (tertiary/aromatic N) is 3. The summed E-state index contributed by atoms with van der Waals surface area (Å²) in [7, 11) is 0. The van der Waals surface area contributed by atoms with Gasteiger partial charge in [0.2, 0.25) is 0 Å². The van der Waals surface area contributed by atoms with Crippen LogP contribution >= 0.6 is 11.6 Å². The van der Waals surface area contributed by atoms with Gasteiger partial charge in [0.15, 0.2) is 0 Å². The third-order valence-corrected chi connectivity index (χ3v) is 6.23. The molecule has 1 saturated carbocycles. The van der Waals surface area contributed by atoms with E-state index in [2.05, 4.69) is 16.1 Å².